The summed E-state index contributed by atoms with van der Waals surface area (Å²) >= 11 is 0. The highest BCUT2D eigenvalue weighted by Crippen LogP contribution is 2.17. The maximum atomic E-state index is 12.3. The zero-order chi connectivity index (χ0) is 11.6. The van der Waals surface area contributed by atoms with Gasteiger partial charge in [0.1, 0.15) is 5.69 Å². The van der Waals surface area contributed by atoms with E-state index in [2.05, 4.69) is 15.5 Å². The van der Waals surface area contributed by atoms with Gasteiger partial charge in [-0.15, -0.1) is 10.2 Å². The van der Waals surface area contributed by atoms with Crippen LogP contribution in [0.2, 0.25) is 0 Å². The van der Waals surface area contributed by atoms with Gasteiger partial charge in [-0.1, -0.05) is 6.92 Å². The number of anilines is 1. The molecule has 0 saturated carbocycles. The summed E-state index contributed by atoms with van der Waals surface area (Å²) in [5, 5.41) is 9.44. The molecule has 1 rings (SSSR count). The molecule has 1 aromatic rings. The monoisotopic (exact) mass is 219 g/mol. The van der Waals surface area contributed by atoms with Gasteiger partial charge in [0.15, 0.2) is 0 Å². The number of rotatable bonds is 3. The van der Waals surface area contributed by atoms with E-state index in [0.29, 0.717) is 4.68 Å². The summed E-state index contributed by atoms with van der Waals surface area (Å²) in [6, 6.07) is 0. The molecular formula is C7H11F2N5O. The summed E-state index contributed by atoms with van der Waals surface area (Å²) in [4.78, 5) is 11.5. The first-order valence-electron chi connectivity index (χ1n) is 4.19. The second-order valence-corrected chi connectivity index (χ2v) is 2.96. The average Bonchev–Trinajstić information content (AvgIpc) is 2.21. The summed E-state index contributed by atoms with van der Waals surface area (Å²) < 4.78 is 25.3. The molecule has 1 aromatic heterocycles. The molecule has 1 unspecified atom stereocenters. The first-order chi connectivity index (χ1) is 6.99. The first kappa shape index (κ1) is 11.3. The molecule has 0 amide bonds. The maximum Gasteiger partial charge on any atom is 0.295 e. The third-order valence-electron chi connectivity index (χ3n) is 1.95. The lowest BCUT2D eigenvalue weighted by atomic mass is 10.1. The van der Waals surface area contributed by atoms with Gasteiger partial charge in [0.2, 0.25) is 12.4 Å². The van der Waals surface area contributed by atoms with Crippen LogP contribution in [0.15, 0.2) is 4.79 Å². The predicted octanol–water partition coefficient (Wildman–Crippen LogP) is -0.238. The number of nitrogens with zero attached hydrogens (tertiary/aromatic N) is 3. The van der Waals surface area contributed by atoms with Crippen molar-refractivity contribution in [3.8, 4) is 0 Å². The number of hydrogen-bond acceptors (Lipinski definition) is 5. The van der Waals surface area contributed by atoms with E-state index in [1.165, 1.54) is 14.0 Å². The minimum Gasteiger partial charge on any atom is -0.356 e. The molecule has 0 bridgehead atoms. The Balaban J connectivity index is 3.24. The molecule has 8 heteroatoms. The minimum atomic E-state index is -2.67. The first-order valence-corrected chi connectivity index (χ1v) is 4.19. The van der Waals surface area contributed by atoms with Crippen LogP contribution in [0.25, 0.3) is 0 Å². The van der Waals surface area contributed by atoms with Crippen LogP contribution in [0.4, 0.5) is 14.7 Å². The Kier molecular flexibility index (Phi) is 3.17. The van der Waals surface area contributed by atoms with E-state index in [1.54, 1.807) is 0 Å². The Morgan fingerprint density at radius 2 is 2.07 bits per heavy atom. The van der Waals surface area contributed by atoms with Crippen LogP contribution < -0.4 is 16.7 Å². The van der Waals surface area contributed by atoms with Gasteiger partial charge in [-0.25, -0.2) is 8.78 Å². The van der Waals surface area contributed by atoms with E-state index in [9.17, 15) is 13.6 Å². The van der Waals surface area contributed by atoms with E-state index in [0.717, 1.165) is 0 Å². The van der Waals surface area contributed by atoms with Gasteiger partial charge >= 0.3 is 0 Å². The molecular weight excluding hydrogens is 208 g/mol. The Hall–Kier alpha value is -1.73. The molecule has 0 saturated heterocycles. The molecule has 1 heterocycles. The van der Waals surface area contributed by atoms with Crippen molar-refractivity contribution in [3.05, 3.63) is 16.0 Å². The minimum absolute atomic E-state index is 0.0187. The summed E-state index contributed by atoms with van der Waals surface area (Å²) in [5.41, 5.74) is -1.12. The predicted molar refractivity (Wildman–Crippen MR) is 50.4 cm³/mol. The third-order valence-corrected chi connectivity index (χ3v) is 1.95. The van der Waals surface area contributed by atoms with E-state index < -0.39 is 17.9 Å². The number of nitrogens with one attached hydrogen (secondary N) is 1. The fourth-order valence-electron chi connectivity index (χ4n) is 0.987. The summed E-state index contributed by atoms with van der Waals surface area (Å²) in [6.07, 6.45) is -2.67. The molecule has 6 nitrogen and oxygen atoms in total. The van der Waals surface area contributed by atoms with Crippen LogP contribution >= 0.6 is 0 Å². The SMILES string of the molecule is CNc1nnc(C(C)C(F)F)c(=O)n1N. The fraction of sp³-hybridized carbons (Fsp3) is 0.571. The highest BCUT2D eigenvalue weighted by molar-refractivity contribution is 5.23. The van der Waals surface area contributed by atoms with Crippen molar-refractivity contribution in [1.82, 2.24) is 14.9 Å². The van der Waals surface area contributed by atoms with Gasteiger partial charge in [-0.2, -0.15) is 4.68 Å². The molecule has 84 valence electrons. The molecule has 0 aliphatic carbocycles. The van der Waals surface area contributed by atoms with Gasteiger partial charge in [0.25, 0.3) is 5.56 Å². The van der Waals surface area contributed by atoms with E-state index in [-0.39, 0.29) is 11.6 Å². The number of hydrogen-bond donors (Lipinski definition) is 2. The number of aromatic nitrogens is 3. The summed E-state index contributed by atoms with van der Waals surface area (Å²) in [6.45, 7) is 1.19. The van der Waals surface area contributed by atoms with Gasteiger partial charge in [-0.3, -0.25) is 4.79 Å². The highest BCUT2D eigenvalue weighted by Gasteiger charge is 2.23. The molecule has 1 atom stereocenters. The number of nitrogens with two attached hydrogens (primary N) is 1. The van der Waals surface area contributed by atoms with Gasteiger partial charge < -0.3 is 11.2 Å². The van der Waals surface area contributed by atoms with Gasteiger partial charge in [-0.05, 0) is 0 Å². The smallest absolute Gasteiger partial charge is 0.295 e. The second-order valence-electron chi connectivity index (χ2n) is 2.96. The van der Waals surface area contributed by atoms with Crippen molar-refractivity contribution in [2.45, 2.75) is 19.3 Å². The quantitative estimate of drug-likeness (QED) is 0.685. The van der Waals surface area contributed by atoms with Crippen molar-refractivity contribution in [2.24, 2.45) is 0 Å². The lowest BCUT2D eigenvalue weighted by molar-refractivity contribution is 0.118. The molecule has 0 aromatic carbocycles. The molecule has 0 aliphatic heterocycles. The van der Waals surface area contributed by atoms with Gasteiger partial charge in [0, 0.05) is 7.05 Å². The molecule has 3 N–H and O–H groups in total. The number of alkyl halides is 2. The van der Waals surface area contributed by atoms with E-state index >= 15 is 0 Å². The summed E-state index contributed by atoms with van der Waals surface area (Å²) in [5.74, 6) is 4.06. The van der Waals surface area contributed by atoms with Crippen molar-refractivity contribution < 1.29 is 8.78 Å². The average molecular weight is 219 g/mol. The zero-order valence-electron chi connectivity index (χ0n) is 8.24. The van der Waals surface area contributed by atoms with Crippen molar-refractivity contribution in [1.29, 1.82) is 0 Å². The molecule has 0 fully saturated rings. The van der Waals surface area contributed by atoms with E-state index in [1.807, 2.05) is 0 Å². The van der Waals surface area contributed by atoms with Crippen molar-refractivity contribution in [3.63, 3.8) is 0 Å². The van der Waals surface area contributed by atoms with Crippen molar-refractivity contribution in [2.75, 3.05) is 18.2 Å². The number of halogens is 2. The Morgan fingerprint density at radius 3 is 2.53 bits per heavy atom. The van der Waals surface area contributed by atoms with E-state index in [4.69, 9.17) is 5.84 Å². The van der Waals surface area contributed by atoms with Crippen LogP contribution in [0, 0.1) is 0 Å². The Labute approximate surface area is 84.1 Å². The topological polar surface area (TPSA) is 85.8 Å². The lowest BCUT2D eigenvalue weighted by Crippen LogP contribution is -2.35. The van der Waals surface area contributed by atoms with Crippen LogP contribution in [0.3, 0.4) is 0 Å². The van der Waals surface area contributed by atoms with Crippen LogP contribution in [0.1, 0.15) is 18.5 Å². The largest absolute Gasteiger partial charge is 0.356 e. The third kappa shape index (κ3) is 2.03. The molecule has 0 spiro atoms. The van der Waals surface area contributed by atoms with Crippen molar-refractivity contribution >= 4 is 5.95 Å². The second kappa shape index (κ2) is 4.20. The van der Waals surface area contributed by atoms with Crippen LogP contribution in [-0.2, 0) is 0 Å². The summed E-state index contributed by atoms with van der Waals surface area (Å²) in [7, 11) is 1.49. The van der Waals surface area contributed by atoms with Gasteiger partial charge in [0.05, 0.1) is 5.92 Å². The Morgan fingerprint density at radius 1 is 1.47 bits per heavy atom. The molecule has 0 radical (unpaired) electrons. The number of nitrogen functional groups attached to an aromatic ring is 1. The standard InChI is InChI=1S/C7H11F2N5O/c1-3(5(8)9)4-6(15)14(10)7(11-2)13-12-4/h3,5H,10H2,1-2H3,(H,11,13). The highest BCUT2D eigenvalue weighted by atomic mass is 19.3. The Bertz CT molecular complexity index is 405. The lowest BCUT2D eigenvalue weighted by Gasteiger charge is -2.10. The molecule has 0 aliphatic rings. The van der Waals surface area contributed by atoms with Crippen LogP contribution in [0.5, 0.6) is 0 Å². The normalized spacial score (nSPS) is 12.9. The van der Waals surface area contributed by atoms with Crippen LogP contribution in [-0.4, -0.2) is 28.3 Å². The maximum absolute atomic E-state index is 12.3. The zero-order valence-corrected chi connectivity index (χ0v) is 8.24. The fourth-order valence-corrected chi connectivity index (χ4v) is 0.987. The molecule has 15 heavy (non-hydrogen) atoms.